The molecule has 0 bridgehead atoms. The van der Waals surface area contributed by atoms with E-state index in [2.05, 4.69) is 10.6 Å². The number of carboxylic acid groups (broad SMARTS) is 1. The maximum atomic E-state index is 12.7. The molecule has 0 radical (unpaired) electrons. The van der Waals surface area contributed by atoms with Gasteiger partial charge < -0.3 is 25.0 Å². The fourth-order valence-electron chi connectivity index (χ4n) is 4.26. The summed E-state index contributed by atoms with van der Waals surface area (Å²) >= 11 is 11.9. The van der Waals surface area contributed by atoms with Gasteiger partial charge in [0.1, 0.15) is 18.3 Å². The van der Waals surface area contributed by atoms with Crippen molar-refractivity contribution in [3.8, 4) is 0 Å². The number of nitrogens with zero attached hydrogens (tertiary/aromatic N) is 1. The molecule has 0 saturated carbocycles. The highest BCUT2D eigenvalue weighted by Crippen LogP contribution is 2.36. The number of amides is 3. The number of ether oxygens (including phenoxy) is 2. The normalized spacial score (nSPS) is 20.0. The van der Waals surface area contributed by atoms with E-state index in [1.54, 1.807) is 32.9 Å². The lowest BCUT2D eigenvalue weighted by Gasteiger charge is -2.48. The van der Waals surface area contributed by atoms with Gasteiger partial charge in [0.15, 0.2) is 21.4 Å². The second-order valence-corrected chi connectivity index (χ2v) is 13.8. The van der Waals surface area contributed by atoms with Crippen LogP contribution in [0.15, 0.2) is 29.5 Å². The van der Waals surface area contributed by atoms with Gasteiger partial charge >= 0.3 is 18.0 Å². The summed E-state index contributed by atoms with van der Waals surface area (Å²) in [5.41, 5.74) is -1.40. The molecule has 1 fully saturated rings. The molecule has 14 nitrogen and oxygen atoms in total. The zero-order valence-electron chi connectivity index (χ0n) is 23.4. The van der Waals surface area contributed by atoms with Crippen LogP contribution in [0, 0.1) is 5.41 Å². The summed E-state index contributed by atoms with van der Waals surface area (Å²) < 4.78 is 35.9. The highest BCUT2D eigenvalue weighted by atomic mass is 35.5. The highest BCUT2D eigenvalue weighted by molar-refractivity contribution is 7.92. The van der Waals surface area contributed by atoms with Crippen LogP contribution in [-0.4, -0.2) is 83.4 Å². The summed E-state index contributed by atoms with van der Waals surface area (Å²) in [7, 11) is -4.11. The second-order valence-electron chi connectivity index (χ2n) is 10.9. The minimum atomic E-state index is -4.11. The Morgan fingerprint density at radius 1 is 1.19 bits per heavy atom. The number of esters is 1. The third-order valence-electron chi connectivity index (χ3n) is 6.46. The van der Waals surface area contributed by atoms with Crippen LogP contribution >= 0.6 is 23.2 Å². The van der Waals surface area contributed by atoms with Gasteiger partial charge in [-0.3, -0.25) is 24.6 Å². The van der Waals surface area contributed by atoms with Gasteiger partial charge in [0, 0.05) is 34.0 Å². The average molecular weight is 665 g/mol. The first kappa shape index (κ1) is 34.1. The third kappa shape index (κ3) is 8.16. The van der Waals surface area contributed by atoms with Crippen LogP contribution in [0.5, 0.6) is 0 Å². The molecule has 0 aliphatic carbocycles. The van der Waals surface area contributed by atoms with Crippen LogP contribution in [0.1, 0.15) is 45.6 Å². The van der Waals surface area contributed by atoms with Crippen molar-refractivity contribution in [2.24, 2.45) is 5.41 Å². The Morgan fingerprint density at radius 2 is 1.86 bits per heavy atom. The monoisotopic (exact) mass is 663 g/mol. The Balaban J connectivity index is 1.59. The van der Waals surface area contributed by atoms with E-state index >= 15 is 0 Å². The van der Waals surface area contributed by atoms with Crippen LogP contribution in [0.3, 0.4) is 0 Å². The van der Waals surface area contributed by atoms with E-state index in [1.165, 1.54) is 6.07 Å². The molecule has 2 heterocycles. The molecule has 3 rings (SSSR count). The average Bonchev–Trinajstić information content (AvgIpc) is 2.89. The number of aliphatic hydroxyl groups is 1. The van der Waals surface area contributed by atoms with E-state index in [9.17, 15) is 42.6 Å². The van der Waals surface area contributed by atoms with E-state index < -0.39 is 80.8 Å². The Bertz CT molecular complexity index is 1460. The molecule has 3 amide bonds. The Labute approximate surface area is 257 Å². The molecule has 1 aromatic carbocycles. The number of β-lactam (4-membered cyclic amide) rings is 1. The van der Waals surface area contributed by atoms with Gasteiger partial charge in [0.2, 0.25) is 5.91 Å². The van der Waals surface area contributed by atoms with Gasteiger partial charge in [-0.05, 0) is 39.3 Å². The molecule has 43 heavy (non-hydrogen) atoms. The predicted molar refractivity (Wildman–Crippen MR) is 151 cm³/mol. The van der Waals surface area contributed by atoms with Gasteiger partial charge in [-0.25, -0.2) is 18.0 Å². The topological polar surface area (TPSA) is 206 Å². The largest absolute Gasteiger partial charge is 0.477 e. The van der Waals surface area contributed by atoms with Crippen molar-refractivity contribution in [3.63, 3.8) is 0 Å². The summed E-state index contributed by atoms with van der Waals surface area (Å²) in [6, 6.07) is 3.10. The lowest BCUT2D eigenvalue weighted by atomic mass is 9.97. The van der Waals surface area contributed by atoms with Crippen LogP contribution in [-0.2, 0) is 45.1 Å². The summed E-state index contributed by atoms with van der Waals surface area (Å²) in [6.45, 7) is 3.74. The predicted octanol–water partition coefficient (Wildman–Crippen LogP) is 1.72. The van der Waals surface area contributed by atoms with Crippen molar-refractivity contribution in [1.82, 2.24) is 15.5 Å². The van der Waals surface area contributed by atoms with E-state index in [-0.39, 0.29) is 36.5 Å². The van der Waals surface area contributed by atoms with E-state index in [0.717, 1.165) is 0 Å². The molecule has 3 atom stereocenters. The standard InChI is InChI=1S/C26H31Cl2N3O11S/c1-26(2,3)24(37)42-18(30-25(38)41-11-13-7-8-15(27)9-16(13)28)6-4-5-17(33)29-19-21(34)31-20(23(35)36)14(10-32)12-43(39,40)22(19)31/h7-9,18-19,22,32H,4-6,10-12H2,1-3H3,(H,29,33)(H,30,38)(H,35,36)/t18?,19-,22-/m0/s1. The number of hydrogen-bond donors (Lipinski definition) is 4. The number of aliphatic hydroxyl groups excluding tert-OH is 1. The number of aliphatic carboxylic acids is 1. The van der Waals surface area contributed by atoms with Gasteiger partial charge in [-0.15, -0.1) is 0 Å². The summed E-state index contributed by atoms with van der Waals surface area (Å²) in [6.07, 6.45) is -2.43. The smallest absolute Gasteiger partial charge is 0.410 e. The SMILES string of the molecule is CC(C)(C)C(=O)OC(CCCC(=O)N[C@H]1C(=O)N2C(C(=O)O)=C(CO)CS(=O)(=O)[C@@H]12)NC(=O)OCc1ccc(Cl)cc1Cl. The first-order valence-corrected chi connectivity index (χ1v) is 15.4. The highest BCUT2D eigenvalue weighted by Gasteiger charge is 2.60. The molecule has 1 saturated heterocycles. The number of carbonyl (C=O) groups excluding carboxylic acids is 4. The van der Waals surface area contributed by atoms with Crippen LogP contribution < -0.4 is 10.6 Å². The maximum absolute atomic E-state index is 12.7. The third-order valence-corrected chi connectivity index (χ3v) is 9.01. The van der Waals surface area contributed by atoms with E-state index in [1.807, 2.05) is 0 Å². The van der Waals surface area contributed by atoms with Gasteiger partial charge in [0.05, 0.1) is 17.8 Å². The van der Waals surface area contributed by atoms with Crippen molar-refractivity contribution < 1.29 is 52.1 Å². The van der Waals surface area contributed by atoms with Crippen LogP contribution in [0.4, 0.5) is 4.79 Å². The number of fused-ring (bicyclic) bond motifs is 1. The maximum Gasteiger partial charge on any atom is 0.410 e. The molecule has 4 N–H and O–H groups in total. The van der Waals surface area contributed by atoms with Crippen molar-refractivity contribution >= 4 is 62.9 Å². The van der Waals surface area contributed by atoms with E-state index in [0.29, 0.717) is 15.5 Å². The number of benzene rings is 1. The first-order valence-electron chi connectivity index (χ1n) is 12.9. The van der Waals surface area contributed by atoms with Crippen LogP contribution in [0.25, 0.3) is 0 Å². The first-order chi connectivity index (χ1) is 20.0. The summed E-state index contributed by atoms with van der Waals surface area (Å²) in [5.74, 6) is -4.69. The number of carboxylic acids is 1. The van der Waals surface area contributed by atoms with Crippen molar-refractivity contribution in [2.75, 3.05) is 12.4 Å². The second kappa shape index (κ2) is 13.5. The number of nitrogens with one attached hydrogen (secondary N) is 2. The number of halogens is 2. The van der Waals surface area contributed by atoms with Gasteiger partial charge in [-0.1, -0.05) is 29.3 Å². The fourth-order valence-corrected chi connectivity index (χ4v) is 6.74. The number of alkyl carbamates (subject to hydrolysis) is 1. The number of rotatable bonds is 11. The molecule has 0 aromatic heterocycles. The zero-order chi connectivity index (χ0) is 32.3. The molecular weight excluding hydrogens is 633 g/mol. The van der Waals surface area contributed by atoms with Crippen LogP contribution in [0.2, 0.25) is 10.0 Å². The molecule has 1 unspecified atom stereocenters. The Morgan fingerprint density at radius 3 is 2.44 bits per heavy atom. The molecule has 0 spiro atoms. The number of carbonyl (C=O) groups is 5. The van der Waals surface area contributed by atoms with Crippen molar-refractivity contribution in [2.45, 2.75) is 64.3 Å². The molecule has 2 aliphatic rings. The molecule has 17 heteroatoms. The van der Waals surface area contributed by atoms with Crippen molar-refractivity contribution in [1.29, 1.82) is 0 Å². The lowest BCUT2D eigenvalue weighted by molar-refractivity contribution is -0.160. The molecule has 236 valence electrons. The number of sulfone groups is 1. The lowest BCUT2D eigenvalue weighted by Crippen LogP contribution is -2.74. The quantitative estimate of drug-likeness (QED) is 0.152. The Kier molecular flexibility index (Phi) is 10.7. The Hall–Kier alpha value is -3.40. The zero-order valence-corrected chi connectivity index (χ0v) is 25.7. The molecular formula is C26H31Cl2N3O11S. The minimum Gasteiger partial charge on any atom is -0.477 e. The van der Waals surface area contributed by atoms with Crippen molar-refractivity contribution in [3.05, 3.63) is 45.1 Å². The number of hydrogen-bond acceptors (Lipinski definition) is 10. The van der Waals surface area contributed by atoms with Gasteiger partial charge in [-0.2, -0.15) is 0 Å². The van der Waals surface area contributed by atoms with E-state index in [4.69, 9.17) is 32.7 Å². The minimum absolute atomic E-state index is 0.0220. The molecule has 1 aromatic rings. The summed E-state index contributed by atoms with van der Waals surface area (Å²) in [5, 5.41) is 22.6. The summed E-state index contributed by atoms with van der Waals surface area (Å²) in [4.78, 5) is 62.4. The fraction of sp³-hybridized carbons (Fsp3) is 0.500. The van der Waals surface area contributed by atoms with Gasteiger partial charge in [0.25, 0.3) is 5.91 Å². The molecule has 2 aliphatic heterocycles.